The highest BCUT2D eigenvalue weighted by atomic mass is 16.2. The highest BCUT2D eigenvalue weighted by molar-refractivity contribution is 5.95. The molecule has 0 bridgehead atoms. The third-order valence-corrected chi connectivity index (χ3v) is 5.13. The van der Waals surface area contributed by atoms with Crippen LogP contribution in [0.5, 0.6) is 0 Å². The van der Waals surface area contributed by atoms with E-state index in [9.17, 15) is 9.59 Å². The summed E-state index contributed by atoms with van der Waals surface area (Å²) in [4.78, 5) is 28.4. The van der Waals surface area contributed by atoms with Crippen molar-refractivity contribution < 1.29 is 9.59 Å². The monoisotopic (exact) mass is 264 g/mol. The molecule has 0 aromatic carbocycles. The van der Waals surface area contributed by atoms with Gasteiger partial charge in [0, 0.05) is 13.1 Å². The molecule has 4 nitrogen and oxygen atoms in total. The minimum absolute atomic E-state index is 0.153. The summed E-state index contributed by atoms with van der Waals surface area (Å²) in [5.41, 5.74) is 0.243. The van der Waals surface area contributed by atoms with Gasteiger partial charge in [-0.05, 0) is 37.5 Å². The van der Waals surface area contributed by atoms with E-state index in [4.69, 9.17) is 0 Å². The van der Waals surface area contributed by atoms with E-state index in [1.54, 1.807) is 0 Å². The van der Waals surface area contributed by atoms with Crippen LogP contribution in [0.1, 0.15) is 51.9 Å². The Morgan fingerprint density at radius 3 is 2.63 bits per heavy atom. The molecular weight excluding hydrogens is 240 g/mol. The van der Waals surface area contributed by atoms with Gasteiger partial charge in [-0.3, -0.25) is 9.59 Å². The van der Waals surface area contributed by atoms with E-state index < -0.39 is 0 Å². The first-order valence-corrected chi connectivity index (χ1v) is 7.67. The second-order valence-electron chi connectivity index (χ2n) is 6.81. The van der Waals surface area contributed by atoms with Crippen LogP contribution in [0.15, 0.2) is 0 Å². The lowest BCUT2D eigenvalue weighted by atomic mass is 9.87. The Bertz CT molecular complexity index is 388. The van der Waals surface area contributed by atoms with E-state index in [2.05, 4.69) is 6.92 Å². The summed E-state index contributed by atoms with van der Waals surface area (Å²) in [6, 6.07) is -0.153. The minimum Gasteiger partial charge on any atom is -0.331 e. The lowest BCUT2D eigenvalue weighted by Crippen LogP contribution is -2.62. The Morgan fingerprint density at radius 1 is 1.16 bits per heavy atom. The zero-order valence-corrected chi connectivity index (χ0v) is 11.9. The van der Waals surface area contributed by atoms with Crippen molar-refractivity contribution in [3.63, 3.8) is 0 Å². The molecule has 1 saturated carbocycles. The number of hydrogen-bond acceptors (Lipinski definition) is 2. The normalized spacial score (nSPS) is 30.7. The maximum Gasteiger partial charge on any atom is 0.245 e. The molecule has 0 spiro atoms. The first kappa shape index (κ1) is 12.9. The van der Waals surface area contributed by atoms with Crippen molar-refractivity contribution in [2.75, 3.05) is 19.6 Å². The summed E-state index contributed by atoms with van der Waals surface area (Å²) in [5, 5.41) is 0. The summed E-state index contributed by atoms with van der Waals surface area (Å²) < 4.78 is 0. The molecule has 19 heavy (non-hydrogen) atoms. The summed E-state index contributed by atoms with van der Waals surface area (Å²) in [6.07, 6.45) is 7.90. The molecule has 0 aromatic heterocycles. The first-order valence-electron chi connectivity index (χ1n) is 7.67. The fourth-order valence-corrected chi connectivity index (χ4v) is 4.01. The Kier molecular flexibility index (Phi) is 3.27. The predicted molar refractivity (Wildman–Crippen MR) is 72.5 cm³/mol. The molecule has 3 fully saturated rings. The second kappa shape index (κ2) is 4.80. The van der Waals surface area contributed by atoms with Gasteiger partial charge in [-0.25, -0.2) is 0 Å². The average molecular weight is 264 g/mol. The average Bonchev–Trinajstić information content (AvgIpc) is 2.82. The number of rotatable bonds is 2. The van der Waals surface area contributed by atoms with Gasteiger partial charge in [0.15, 0.2) is 0 Å². The molecule has 106 valence electrons. The molecule has 2 aliphatic heterocycles. The molecule has 4 heteroatoms. The van der Waals surface area contributed by atoms with Crippen molar-refractivity contribution in [1.82, 2.24) is 9.80 Å². The number of nitrogens with zero attached hydrogens (tertiary/aromatic N) is 2. The van der Waals surface area contributed by atoms with Crippen molar-refractivity contribution in [3.05, 3.63) is 0 Å². The standard InChI is InChI=1S/C15H24N2O2/c1-15(7-3-4-8-15)11-16-10-13(18)17-9-5-2-6-12(17)14(16)19/h12H,2-11H2,1H3. The number of amides is 2. The summed E-state index contributed by atoms with van der Waals surface area (Å²) >= 11 is 0. The first-order chi connectivity index (χ1) is 9.09. The fraction of sp³-hybridized carbons (Fsp3) is 0.867. The van der Waals surface area contributed by atoms with Gasteiger partial charge in [-0.2, -0.15) is 0 Å². The van der Waals surface area contributed by atoms with Crippen molar-refractivity contribution in [2.45, 2.75) is 57.9 Å². The smallest absolute Gasteiger partial charge is 0.245 e. The maximum absolute atomic E-state index is 12.6. The van der Waals surface area contributed by atoms with Crippen LogP contribution in [0.3, 0.4) is 0 Å². The van der Waals surface area contributed by atoms with Gasteiger partial charge in [-0.15, -0.1) is 0 Å². The van der Waals surface area contributed by atoms with Gasteiger partial charge in [0.2, 0.25) is 11.8 Å². The van der Waals surface area contributed by atoms with Crippen molar-refractivity contribution in [1.29, 1.82) is 0 Å². The number of piperazine rings is 1. The van der Waals surface area contributed by atoms with Crippen molar-refractivity contribution in [2.24, 2.45) is 5.41 Å². The Labute approximate surface area is 115 Å². The zero-order valence-electron chi connectivity index (χ0n) is 11.9. The molecule has 2 saturated heterocycles. The Morgan fingerprint density at radius 2 is 1.89 bits per heavy atom. The number of carbonyl (C=O) groups excluding carboxylic acids is 2. The topological polar surface area (TPSA) is 40.6 Å². The van der Waals surface area contributed by atoms with Crippen LogP contribution in [0.4, 0.5) is 0 Å². The second-order valence-corrected chi connectivity index (χ2v) is 6.81. The minimum atomic E-state index is -0.153. The molecule has 0 aromatic rings. The lowest BCUT2D eigenvalue weighted by Gasteiger charge is -2.44. The third kappa shape index (κ3) is 2.37. The van der Waals surface area contributed by atoms with Gasteiger partial charge in [0.05, 0.1) is 6.54 Å². The van der Waals surface area contributed by atoms with Crippen LogP contribution >= 0.6 is 0 Å². The lowest BCUT2D eigenvalue weighted by molar-refractivity contribution is -0.159. The quantitative estimate of drug-likeness (QED) is 0.763. The molecule has 1 unspecified atom stereocenters. The Balaban J connectivity index is 1.72. The van der Waals surface area contributed by atoms with Crippen molar-refractivity contribution >= 4 is 11.8 Å². The third-order valence-electron chi connectivity index (χ3n) is 5.13. The molecule has 3 rings (SSSR count). The molecule has 1 atom stereocenters. The number of fused-ring (bicyclic) bond motifs is 1. The van der Waals surface area contributed by atoms with Gasteiger partial charge >= 0.3 is 0 Å². The van der Waals surface area contributed by atoms with E-state index >= 15 is 0 Å². The van der Waals surface area contributed by atoms with E-state index in [0.29, 0.717) is 6.54 Å². The highest BCUT2D eigenvalue weighted by Gasteiger charge is 2.42. The van der Waals surface area contributed by atoms with Crippen LogP contribution in [-0.4, -0.2) is 47.3 Å². The van der Waals surface area contributed by atoms with Crippen molar-refractivity contribution in [3.8, 4) is 0 Å². The van der Waals surface area contributed by atoms with Gasteiger partial charge in [0.25, 0.3) is 0 Å². The summed E-state index contributed by atoms with van der Waals surface area (Å²) in [6.45, 7) is 4.14. The van der Waals surface area contributed by atoms with Gasteiger partial charge in [-0.1, -0.05) is 19.8 Å². The molecule has 0 N–H and O–H groups in total. The number of piperidine rings is 1. The van der Waals surface area contributed by atoms with Crippen LogP contribution in [0.25, 0.3) is 0 Å². The largest absolute Gasteiger partial charge is 0.331 e. The number of hydrogen-bond donors (Lipinski definition) is 0. The summed E-state index contributed by atoms with van der Waals surface area (Å²) in [5.74, 6) is 0.360. The fourth-order valence-electron chi connectivity index (χ4n) is 4.01. The molecule has 3 aliphatic rings. The van der Waals surface area contributed by atoms with E-state index in [-0.39, 0.29) is 23.3 Å². The zero-order chi connectivity index (χ0) is 13.5. The van der Waals surface area contributed by atoms with E-state index in [1.165, 1.54) is 25.7 Å². The molecule has 0 radical (unpaired) electrons. The Hall–Kier alpha value is -1.06. The number of carbonyl (C=O) groups is 2. The van der Waals surface area contributed by atoms with Crippen LogP contribution < -0.4 is 0 Å². The van der Waals surface area contributed by atoms with Crippen LogP contribution in [0, 0.1) is 5.41 Å². The molecule has 1 aliphatic carbocycles. The van der Waals surface area contributed by atoms with Gasteiger partial charge < -0.3 is 9.80 Å². The summed E-state index contributed by atoms with van der Waals surface area (Å²) in [7, 11) is 0. The van der Waals surface area contributed by atoms with Crippen LogP contribution in [-0.2, 0) is 9.59 Å². The SMILES string of the molecule is CC1(CN2CC(=O)N3CCCCC3C2=O)CCCC1. The molecule has 2 amide bonds. The molecule has 2 heterocycles. The molecular formula is C15H24N2O2. The van der Waals surface area contributed by atoms with E-state index in [1.807, 2.05) is 9.80 Å². The van der Waals surface area contributed by atoms with Gasteiger partial charge in [0.1, 0.15) is 6.04 Å². The van der Waals surface area contributed by atoms with E-state index in [0.717, 1.165) is 32.4 Å². The highest BCUT2D eigenvalue weighted by Crippen LogP contribution is 2.39. The van der Waals surface area contributed by atoms with Crippen LogP contribution in [0.2, 0.25) is 0 Å². The predicted octanol–water partition coefficient (Wildman–Crippen LogP) is 1.79. The maximum atomic E-state index is 12.6.